The van der Waals surface area contributed by atoms with E-state index in [0.717, 1.165) is 23.7 Å². The molecule has 0 aliphatic heterocycles. The molecule has 5 nitrogen and oxygen atoms in total. The second-order valence-electron chi connectivity index (χ2n) is 7.21. The lowest BCUT2D eigenvalue weighted by atomic mass is 9.87. The number of ether oxygens (including phenoxy) is 2. The number of nitrogens with one attached hydrogen (secondary N) is 2. The van der Waals surface area contributed by atoms with Crippen LogP contribution in [0.1, 0.15) is 35.0 Å². The first kappa shape index (κ1) is 17.5. The third kappa shape index (κ3) is 3.25. The van der Waals surface area contributed by atoms with Crippen molar-refractivity contribution in [3.05, 3.63) is 53.2 Å². The van der Waals surface area contributed by atoms with Crippen LogP contribution in [0.15, 0.2) is 36.4 Å². The van der Waals surface area contributed by atoms with Gasteiger partial charge in [-0.2, -0.15) is 0 Å². The molecule has 1 atom stereocenters. The van der Waals surface area contributed by atoms with Crippen LogP contribution in [0.25, 0.3) is 10.9 Å². The van der Waals surface area contributed by atoms with E-state index in [0.29, 0.717) is 28.7 Å². The molecule has 1 aliphatic rings. The predicted octanol–water partition coefficient (Wildman–Crippen LogP) is 4.56. The zero-order chi connectivity index (χ0) is 19.0. The molecule has 0 saturated heterocycles. The fourth-order valence-corrected chi connectivity index (χ4v) is 3.84. The van der Waals surface area contributed by atoms with E-state index in [1.165, 1.54) is 17.7 Å². The van der Waals surface area contributed by atoms with Gasteiger partial charge in [-0.05, 0) is 61.1 Å². The van der Waals surface area contributed by atoms with Gasteiger partial charge >= 0.3 is 0 Å². The summed E-state index contributed by atoms with van der Waals surface area (Å²) in [5.41, 5.74) is 5.00. The maximum atomic E-state index is 12.9. The van der Waals surface area contributed by atoms with Gasteiger partial charge in [-0.25, -0.2) is 0 Å². The molecule has 0 spiro atoms. The van der Waals surface area contributed by atoms with Crippen molar-refractivity contribution in [2.24, 2.45) is 5.92 Å². The summed E-state index contributed by atoms with van der Waals surface area (Å²) in [4.78, 5) is 16.4. The maximum absolute atomic E-state index is 12.9. The average Bonchev–Trinajstić information content (AvgIpc) is 3.05. The first-order chi connectivity index (χ1) is 13.1. The molecule has 4 rings (SSSR count). The van der Waals surface area contributed by atoms with E-state index >= 15 is 0 Å². The van der Waals surface area contributed by atoms with Crippen LogP contribution in [0, 0.1) is 5.92 Å². The van der Waals surface area contributed by atoms with E-state index in [1.807, 2.05) is 18.2 Å². The molecule has 1 unspecified atom stereocenters. The van der Waals surface area contributed by atoms with E-state index in [-0.39, 0.29) is 5.91 Å². The molecule has 0 fully saturated rings. The Morgan fingerprint density at radius 3 is 2.78 bits per heavy atom. The molecule has 0 saturated carbocycles. The van der Waals surface area contributed by atoms with Crippen LogP contribution in [-0.4, -0.2) is 25.1 Å². The number of rotatable bonds is 4. The quantitative estimate of drug-likeness (QED) is 0.713. The number of H-pyrrole nitrogens is 1. The topological polar surface area (TPSA) is 63.4 Å². The second-order valence-corrected chi connectivity index (χ2v) is 7.21. The molecule has 2 aromatic carbocycles. The fraction of sp³-hybridized carbons (Fsp3) is 0.318. The number of aromatic nitrogens is 1. The Bertz CT molecular complexity index is 1010. The summed E-state index contributed by atoms with van der Waals surface area (Å²) in [6.45, 7) is 2.29. The van der Waals surface area contributed by atoms with Gasteiger partial charge in [0.05, 0.1) is 19.9 Å². The molecule has 1 aliphatic carbocycles. The molecule has 1 amide bonds. The standard InChI is InChI=1S/C22H24N2O3/c1-13-4-7-18-16(10-13)17-11-14(5-8-19(17)23-18)22(25)24-20-12-15(26-2)6-9-21(20)27-3/h5-6,8-9,11-13,23H,4,7,10H2,1-3H3,(H,24,25). The van der Waals surface area contributed by atoms with E-state index in [1.54, 1.807) is 32.4 Å². The lowest BCUT2D eigenvalue weighted by Crippen LogP contribution is -2.13. The Balaban J connectivity index is 1.66. The molecule has 2 N–H and O–H groups in total. The summed E-state index contributed by atoms with van der Waals surface area (Å²) in [6.07, 6.45) is 3.35. The number of anilines is 1. The summed E-state index contributed by atoms with van der Waals surface area (Å²) in [6, 6.07) is 11.2. The van der Waals surface area contributed by atoms with Crippen molar-refractivity contribution in [3.63, 3.8) is 0 Å². The van der Waals surface area contributed by atoms with E-state index in [2.05, 4.69) is 17.2 Å². The van der Waals surface area contributed by atoms with Gasteiger partial charge in [0.15, 0.2) is 0 Å². The number of hydrogen-bond donors (Lipinski definition) is 2. The number of aryl methyl sites for hydroxylation is 1. The highest BCUT2D eigenvalue weighted by Gasteiger charge is 2.21. The summed E-state index contributed by atoms with van der Waals surface area (Å²) in [5, 5.41) is 4.10. The van der Waals surface area contributed by atoms with Crippen LogP contribution in [0.2, 0.25) is 0 Å². The molecule has 0 bridgehead atoms. The molecular weight excluding hydrogens is 340 g/mol. The third-order valence-electron chi connectivity index (χ3n) is 5.35. The molecule has 1 heterocycles. The highest BCUT2D eigenvalue weighted by Crippen LogP contribution is 2.33. The van der Waals surface area contributed by atoms with Crippen molar-refractivity contribution in [2.45, 2.75) is 26.2 Å². The summed E-state index contributed by atoms with van der Waals surface area (Å²) in [7, 11) is 3.17. The first-order valence-electron chi connectivity index (χ1n) is 9.26. The molecule has 0 radical (unpaired) electrons. The Morgan fingerprint density at radius 1 is 1.15 bits per heavy atom. The Hall–Kier alpha value is -2.95. The molecule has 27 heavy (non-hydrogen) atoms. The van der Waals surface area contributed by atoms with Gasteiger partial charge in [0, 0.05) is 28.2 Å². The lowest BCUT2D eigenvalue weighted by molar-refractivity contribution is 0.102. The second kappa shape index (κ2) is 6.99. The number of methoxy groups -OCH3 is 2. The van der Waals surface area contributed by atoms with Crippen molar-refractivity contribution in [3.8, 4) is 11.5 Å². The van der Waals surface area contributed by atoms with Gasteiger partial charge in [0.25, 0.3) is 5.91 Å². The van der Waals surface area contributed by atoms with Gasteiger partial charge in [0.2, 0.25) is 0 Å². The monoisotopic (exact) mass is 364 g/mol. The van der Waals surface area contributed by atoms with Crippen molar-refractivity contribution in [1.29, 1.82) is 0 Å². The number of carbonyl (C=O) groups excluding carboxylic acids is 1. The van der Waals surface area contributed by atoms with Gasteiger partial charge in [0.1, 0.15) is 11.5 Å². The summed E-state index contributed by atoms with van der Waals surface area (Å²) < 4.78 is 10.6. The zero-order valence-electron chi connectivity index (χ0n) is 15.9. The van der Waals surface area contributed by atoms with Crippen molar-refractivity contribution in [2.75, 3.05) is 19.5 Å². The minimum Gasteiger partial charge on any atom is -0.497 e. The van der Waals surface area contributed by atoms with Crippen LogP contribution in [0.3, 0.4) is 0 Å². The van der Waals surface area contributed by atoms with Crippen LogP contribution in [-0.2, 0) is 12.8 Å². The molecule has 3 aromatic rings. The SMILES string of the molecule is COc1ccc(OC)c(NC(=O)c2ccc3[nH]c4c(c3c2)CC(C)CC4)c1. The number of hydrogen-bond acceptors (Lipinski definition) is 3. The van der Waals surface area contributed by atoms with Crippen molar-refractivity contribution >= 4 is 22.5 Å². The number of fused-ring (bicyclic) bond motifs is 3. The Kier molecular flexibility index (Phi) is 4.52. The normalized spacial score (nSPS) is 16.0. The minimum absolute atomic E-state index is 0.165. The van der Waals surface area contributed by atoms with Crippen molar-refractivity contribution < 1.29 is 14.3 Å². The molecule has 5 heteroatoms. The van der Waals surface area contributed by atoms with Gasteiger partial charge in [-0.15, -0.1) is 0 Å². The van der Waals surface area contributed by atoms with Crippen LogP contribution in [0.4, 0.5) is 5.69 Å². The largest absolute Gasteiger partial charge is 0.497 e. The molecule has 140 valence electrons. The minimum atomic E-state index is -0.165. The first-order valence-corrected chi connectivity index (χ1v) is 9.26. The smallest absolute Gasteiger partial charge is 0.255 e. The Morgan fingerprint density at radius 2 is 2.00 bits per heavy atom. The van der Waals surface area contributed by atoms with Gasteiger partial charge in [-0.1, -0.05) is 6.92 Å². The predicted molar refractivity (Wildman–Crippen MR) is 107 cm³/mol. The van der Waals surface area contributed by atoms with Crippen LogP contribution >= 0.6 is 0 Å². The van der Waals surface area contributed by atoms with Crippen molar-refractivity contribution in [1.82, 2.24) is 4.98 Å². The summed E-state index contributed by atoms with van der Waals surface area (Å²) >= 11 is 0. The van der Waals surface area contributed by atoms with Crippen LogP contribution in [0.5, 0.6) is 11.5 Å². The molecule has 1 aromatic heterocycles. The highest BCUT2D eigenvalue weighted by atomic mass is 16.5. The van der Waals surface area contributed by atoms with Gasteiger partial charge < -0.3 is 19.8 Å². The van der Waals surface area contributed by atoms with E-state index in [4.69, 9.17) is 9.47 Å². The number of aromatic amines is 1. The molecular formula is C22H24N2O3. The number of amides is 1. The van der Waals surface area contributed by atoms with E-state index < -0.39 is 0 Å². The Labute approximate surface area is 158 Å². The highest BCUT2D eigenvalue weighted by molar-refractivity contribution is 6.07. The maximum Gasteiger partial charge on any atom is 0.255 e. The lowest BCUT2D eigenvalue weighted by Gasteiger charge is -2.18. The number of carbonyl (C=O) groups is 1. The third-order valence-corrected chi connectivity index (χ3v) is 5.35. The summed E-state index contributed by atoms with van der Waals surface area (Å²) in [5.74, 6) is 1.77. The van der Waals surface area contributed by atoms with Crippen LogP contribution < -0.4 is 14.8 Å². The fourth-order valence-electron chi connectivity index (χ4n) is 3.84. The zero-order valence-corrected chi connectivity index (χ0v) is 15.9. The van der Waals surface area contributed by atoms with Gasteiger partial charge in [-0.3, -0.25) is 4.79 Å². The number of benzene rings is 2. The average molecular weight is 364 g/mol. The van der Waals surface area contributed by atoms with E-state index in [9.17, 15) is 4.79 Å².